The predicted octanol–water partition coefficient (Wildman–Crippen LogP) is 5.13. The summed E-state index contributed by atoms with van der Waals surface area (Å²) in [6.45, 7) is 4.26. The van der Waals surface area contributed by atoms with Gasteiger partial charge in [-0.2, -0.15) is 11.8 Å². The van der Waals surface area contributed by atoms with Crippen molar-refractivity contribution in [3.63, 3.8) is 0 Å². The van der Waals surface area contributed by atoms with Gasteiger partial charge in [-0.25, -0.2) is 0 Å². The molecule has 2 aromatic carbocycles. The van der Waals surface area contributed by atoms with Gasteiger partial charge in [-0.05, 0) is 43.0 Å². The molecule has 0 heterocycles. The minimum atomic E-state index is -0.123. The SMILES string of the molecule is CCOC(=O)[C@@H](C)[C@@H](CCc1ccccc1)SCc1ccc(OC)cc1. The summed E-state index contributed by atoms with van der Waals surface area (Å²) in [4.78, 5) is 12.2. The highest BCUT2D eigenvalue weighted by Crippen LogP contribution is 2.29. The van der Waals surface area contributed by atoms with Gasteiger partial charge in [0, 0.05) is 11.0 Å². The average Bonchev–Trinajstić information content (AvgIpc) is 2.69. The van der Waals surface area contributed by atoms with E-state index in [0.29, 0.717) is 6.61 Å². The van der Waals surface area contributed by atoms with Crippen molar-refractivity contribution < 1.29 is 14.3 Å². The first-order chi connectivity index (χ1) is 12.6. The molecular formula is C22H28O3S. The Bertz CT molecular complexity index is 655. The molecule has 0 amide bonds. The van der Waals surface area contributed by atoms with Crippen LogP contribution in [0, 0.1) is 5.92 Å². The van der Waals surface area contributed by atoms with E-state index in [2.05, 4.69) is 36.4 Å². The van der Waals surface area contributed by atoms with E-state index in [0.717, 1.165) is 24.3 Å². The van der Waals surface area contributed by atoms with Gasteiger partial charge in [-0.3, -0.25) is 4.79 Å². The van der Waals surface area contributed by atoms with E-state index in [9.17, 15) is 4.79 Å². The Balaban J connectivity index is 1.99. The first kappa shape index (κ1) is 20.4. The Labute approximate surface area is 161 Å². The molecule has 0 radical (unpaired) electrons. The summed E-state index contributed by atoms with van der Waals surface area (Å²) in [6.07, 6.45) is 1.91. The topological polar surface area (TPSA) is 35.5 Å². The number of methoxy groups -OCH3 is 1. The molecule has 26 heavy (non-hydrogen) atoms. The van der Waals surface area contributed by atoms with Crippen LogP contribution in [0.25, 0.3) is 0 Å². The molecule has 2 atom stereocenters. The van der Waals surface area contributed by atoms with Crippen molar-refractivity contribution in [1.82, 2.24) is 0 Å². The quantitative estimate of drug-likeness (QED) is 0.542. The standard InChI is InChI=1S/C22H28O3S/c1-4-25-22(23)17(2)21(15-12-18-8-6-5-7-9-18)26-16-19-10-13-20(24-3)14-11-19/h5-11,13-14,17,21H,4,12,15-16H2,1-3H3/t17-,21+/m0/s1. The maximum Gasteiger partial charge on any atom is 0.309 e. The molecule has 140 valence electrons. The molecule has 3 nitrogen and oxygen atoms in total. The van der Waals surface area contributed by atoms with Crippen LogP contribution in [0.3, 0.4) is 0 Å². The number of carbonyl (C=O) groups excluding carboxylic acids is 1. The zero-order chi connectivity index (χ0) is 18.8. The van der Waals surface area contributed by atoms with Crippen molar-refractivity contribution in [3.8, 4) is 5.75 Å². The minimum Gasteiger partial charge on any atom is -0.497 e. The molecule has 0 bridgehead atoms. The fraction of sp³-hybridized carbons (Fsp3) is 0.409. The highest BCUT2D eigenvalue weighted by atomic mass is 32.2. The summed E-state index contributed by atoms with van der Waals surface area (Å²) in [6, 6.07) is 18.5. The van der Waals surface area contributed by atoms with Crippen LogP contribution in [0.5, 0.6) is 5.75 Å². The van der Waals surface area contributed by atoms with Gasteiger partial charge in [0.2, 0.25) is 0 Å². The van der Waals surface area contributed by atoms with Gasteiger partial charge in [-0.1, -0.05) is 49.4 Å². The first-order valence-corrected chi connectivity index (χ1v) is 10.1. The van der Waals surface area contributed by atoms with Crippen LogP contribution < -0.4 is 4.74 Å². The fourth-order valence-corrected chi connectivity index (χ4v) is 4.07. The molecule has 0 unspecified atom stereocenters. The lowest BCUT2D eigenvalue weighted by Crippen LogP contribution is -2.26. The third-order valence-corrected chi connectivity index (χ3v) is 5.97. The summed E-state index contributed by atoms with van der Waals surface area (Å²) in [5, 5.41) is 0.219. The normalized spacial score (nSPS) is 13.0. The fourth-order valence-electron chi connectivity index (χ4n) is 2.78. The zero-order valence-electron chi connectivity index (χ0n) is 15.8. The Morgan fingerprint density at radius 3 is 2.35 bits per heavy atom. The minimum absolute atomic E-state index is 0.104. The Hall–Kier alpha value is -1.94. The van der Waals surface area contributed by atoms with Gasteiger partial charge in [0.1, 0.15) is 5.75 Å². The Morgan fingerprint density at radius 1 is 1.04 bits per heavy atom. The molecule has 0 N–H and O–H groups in total. The second-order valence-electron chi connectivity index (χ2n) is 6.26. The number of ether oxygens (including phenoxy) is 2. The Morgan fingerprint density at radius 2 is 1.73 bits per heavy atom. The van der Waals surface area contributed by atoms with E-state index in [1.807, 2.05) is 43.8 Å². The van der Waals surface area contributed by atoms with E-state index >= 15 is 0 Å². The average molecular weight is 373 g/mol. The van der Waals surface area contributed by atoms with Crippen LogP contribution in [-0.2, 0) is 21.7 Å². The van der Waals surface area contributed by atoms with E-state index in [1.165, 1.54) is 11.1 Å². The summed E-state index contributed by atoms with van der Waals surface area (Å²) < 4.78 is 10.5. The maximum absolute atomic E-state index is 12.2. The highest BCUT2D eigenvalue weighted by Gasteiger charge is 2.25. The number of carbonyl (C=O) groups is 1. The second-order valence-corrected chi connectivity index (χ2v) is 7.49. The number of thioether (sulfide) groups is 1. The molecule has 0 aromatic heterocycles. The third-order valence-electron chi connectivity index (χ3n) is 4.40. The number of esters is 1. The predicted molar refractivity (Wildman–Crippen MR) is 109 cm³/mol. The van der Waals surface area contributed by atoms with E-state index < -0.39 is 0 Å². The van der Waals surface area contributed by atoms with Crippen LogP contribution in [-0.4, -0.2) is 24.9 Å². The molecule has 0 aliphatic rings. The van der Waals surface area contributed by atoms with E-state index in [4.69, 9.17) is 9.47 Å². The second kappa shape index (κ2) is 10.9. The van der Waals surface area contributed by atoms with E-state index in [1.54, 1.807) is 7.11 Å². The van der Waals surface area contributed by atoms with Gasteiger partial charge in [0.25, 0.3) is 0 Å². The lowest BCUT2D eigenvalue weighted by molar-refractivity contribution is -0.147. The molecule has 0 spiro atoms. The highest BCUT2D eigenvalue weighted by molar-refractivity contribution is 7.99. The number of aryl methyl sites for hydroxylation is 1. The third kappa shape index (κ3) is 6.41. The molecule has 0 saturated heterocycles. The lowest BCUT2D eigenvalue weighted by atomic mass is 10.0. The first-order valence-electron chi connectivity index (χ1n) is 9.09. The molecule has 2 rings (SSSR count). The molecule has 0 aliphatic carbocycles. The van der Waals surface area contributed by atoms with Crippen LogP contribution in [0.4, 0.5) is 0 Å². The summed E-state index contributed by atoms with van der Waals surface area (Å²) >= 11 is 1.83. The summed E-state index contributed by atoms with van der Waals surface area (Å²) in [5.74, 6) is 1.50. The van der Waals surface area contributed by atoms with Gasteiger partial charge >= 0.3 is 5.97 Å². The molecule has 4 heteroatoms. The van der Waals surface area contributed by atoms with Crippen molar-refractivity contribution in [1.29, 1.82) is 0 Å². The number of hydrogen-bond acceptors (Lipinski definition) is 4. The van der Waals surface area contributed by atoms with Crippen molar-refractivity contribution in [3.05, 3.63) is 65.7 Å². The van der Waals surface area contributed by atoms with Gasteiger partial charge in [0.15, 0.2) is 0 Å². The van der Waals surface area contributed by atoms with Crippen LogP contribution in [0.15, 0.2) is 54.6 Å². The number of hydrogen-bond donors (Lipinski definition) is 0. The molecule has 0 aliphatic heterocycles. The van der Waals surface area contributed by atoms with Crippen molar-refractivity contribution in [2.75, 3.05) is 13.7 Å². The van der Waals surface area contributed by atoms with Gasteiger partial charge in [-0.15, -0.1) is 0 Å². The molecular weight excluding hydrogens is 344 g/mol. The van der Waals surface area contributed by atoms with Crippen LogP contribution in [0.1, 0.15) is 31.4 Å². The van der Waals surface area contributed by atoms with Gasteiger partial charge in [0.05, 0.1) is 19.6 Å². The summed E-state index contributed by atoms with van der Waals surface area (Å²) in [7, 11) is 1.67. The maximum atomic E-state index is 12.2. The summed E-state index contributed by atoms with van der Waals surface area (Å²) in [5.41, 5.74) is 2.54. The van der Waals surface area contributed by atoms with Crippen molar-refractivity contribution >= 4 is 17.7 Å². The molecule has 0 fully saturated rings. The van der Waals surface area contributed by atoms with Crippen LogP contribution in [0.2, 0.25) is 0 Å². The van der Waals surface area contributed by atoms with Crippen molar-refractivity contribution in [2.45, 2.75) is 37.7 Å². The van der Waals surface area contributed by atoms with E-state index in [-0.39, 0.29) is 17.1 Å². The van der Waals surface area contributed by atoms with Crippen LogP contribution >= 0.6 is 11.8 Å². The molecule has 0 saturated carbocycles. The number of benzene rings is 2. The zero-order valence-corrected chi connectivity index (χ0v) is 16.6. The molecule has 2 aromatic rings. The van der Waals surface area contributed by atoms with Crippen molar-refractivity contribution in [2.24, 2.45) is 5.92 Å². The lowest BCUT2D eigenvalue weighted by Gasteiger charge is -2.22. The monoisotopic (exact) mass is 372 g/mol. The largest absolute Gasteiger partial charge is 0.497 e. The smallest absolute Gasteiger partial charge is 0.309 e. The Kier molecular flexibility index (Phi) is 8.56. The number of rotatable bonds is 10. The van der Waals surface area contributed by atoms with Gasteiger partial charge < -0.3 is 9.47 Å².